The topological polar surface area (TPSA) is 133 Å². The number of hydrogen-bond donors (Lipinski definition) is 4. The van der Waals surface area contributed by atoms with Gasteiger partial charge in [-0.25, -0.2) is 0 Å². The zero-order valence-corrected chi connectivity index (χ0v) is 35.9. The Labute approximate surface area is 341 Å². The van der Waals surface area contributed by atoms with Crippen LogP contribution >= 0.6 is 0 Å². The molecule has 0 radical (unpaired) electrons. The molecule has 3 aliphatic carbocycles. The Bertz CT molecular complexity index is 1800. The lowest BCUT2D eigenvalue weighted by Gasteiger charge is -2.62. The molecule has 7 rings (SSSR count). The van der Waals surface area contributed by atoms with Crippen LogP contribution in [0, 0.1) is 36.0 Å². The molecule has 2 amide bonds. The zero-order chi connectivity index (χ0) is 41.6. The summed E-state index contributed by atoms with van der Waals surface area (Å²) in [6, 6.07) is 21.4. The van der Waals surface area contributed by atoms with Gasteiger partial charge in [0.25, 0.3) is 5.91 Å². The van der Waals surface area contributed by atoms with E-state index in [-0.39, 0.29) is 30.9 Å². The quantitative estimate of drug-likeness (QED) is 0.162. The number of ether oxygens (including phenoxy) is 1. The van der Waals surface area contributed by atoms with Crippen molar-refractivity contribution >= 4 is 17.5 Å². The third-order valence-corrected chi connectivity index (χ3v) is 12.6. The van der Waals surface area contributed by atoms with Crippen LogP contribution in [0.1, 0.15) is 68.9 Å². The molecule has 8 atom stereocenters. The number of amides is 2. The van der Waals surface area contributed by atoms with Crippen LogP contribution in [0.4, 0.5) is 5.69 Å². The Hall–Kier alpha value is -4.00. The Morgan fingerprint density at radius 3 is 2.33 bits per heavy atom. The van der Waals surface area contributed by atoms with Crippen LogP contribution in [0.3, 0.4) is 0 Å². The lowest BCUT2D eigenvalue weighted by atomic mass is 9.45. The molecule has 1 aliphatic heterocycles. The first kappa shape index (κ1) is 44.1. The van der Waals surface area contributed by atoms with Gasteiger partial charge in [-0.3, -0.25) is 14.4 Å². The van der Waals surface area contributed by atoms with Crippen LogP contribution < -0.4 is 26.0 Å². The van der Waals surface area contributed by atoms with E-state index < -0.39 is 24.2 Å². The van der Waals surface area contributed by atoms with E-state index in [0.29, 0.717) is 47.6 Å². The summed E-state index contributed by atoms with van der Waals surface area (Å²) in [5, 5.41) is 19.1. The second-order valence-electron chi connectivity index (χ2n) is 17.4. The minimum atomic E-state index is -0.811. The average Bonchev–Trinajstić information content (AvgIpc) is 3.55. The first-order valence-electron chi connectivity index (χ1n) is 20.7. The number of hydrogen-bond acceptors (Lipinski definition) is 9. The maximum absolute atomic E-state index is 14.3. The summed E-state index contributed by atoms with van der Waals surface area (Å²) in [6.45, 7) is 14.8. The van der Waals surface area contributed by atoms with Crippen LogP contribution in [0.2, 0.25) is 0 Å². The summed E-state index contributed by atoms with van der Waals surface area (Å²) in [5.74, 6) is 1.41. The van der Waals surface area contributed by atoms with Crippen molar-refractivity contribution in [1.82, 2.24) is 20.6 Å². The van der Waals surface area contributed by atoms with Gasteiger partial charge in [-0.1, -0.05) is 74.9 Å². The number of aryl methyl sites for hydroxylation is 1. The fourth-order valence-electron chi connectivity index (χ4n) is 9.13. The van der Waals surface area contributed by atoms with Crippen LogP contribution in [0.15, 0.2) is 66.7 Å². The second-order valence-corrected chi connectivity index (χ2v) is 17.4. The molecular formula is C46H68N6O5. The number of nitrogens with two attached hydrogens (primary N) is 1. The molecule has 4 fully saturated rings. The molecular weight excluding hydrogens is 717 g/mol. The Balaban J connectivity index is 0.000000799. The predicted molar refractivity (Wildman–Crippen MR) is 229 cm³/mol. The van der Waals surface area contributed by atoms with Gasteiger partial charge in [-0.2, -0.15) is 5.06 Å². The summed E-state index contributed by atoms with van der Waals surface area (Å²) in [6.07, 6.45) is 0.851. The highest BCUT2D eigenvalue weighted by Gasteiger charge is 2.57. The Morgan fingerprint density at radius 1 is 1.05 bits per heavy atom. The number of likely N-dealkylation sites (N-methyl/N-ethyl adjacent to an activating group) is 1. The minimum absolute atomic E-state index is 0.0771. The number of aliphatic hydroxyl groups excluding tert-OH is 1. The molecule has 312 valence electrons. The van der Waals surface area contributed by atoms with Crippen molar-refractivity contribution < 1.29 is 24.3 Å². The number of benzene rings is 3. The number of aliphatic hydroxyl groups is 1. The molecule has 1 saturated heterocycles. The van der Waals surface area contributed by atoms with Gasteiger partial charge in [-0.05, 0) is 94.6 Å². The molecule has 3 aromatic rings. The monoisotopic (exact) mass is 785 g/mol. The average molecular weight is 785 g/mol. The fraction of sp³-hybridized carbons (Fsp3) is 0.565. The van der Waals surface area contributed by atoms with Crippen molar-refractivity contribution in [2.45, 2.75) is 85.2 Å². The van der Waals surface area contributed by atoms with Gasteiger partial charge in [0.1, 0.15) is 11.8 Å². The summed E-state index contributed by atoms with van der Waals surface area (Å²) < 4.78 is 6.34. The first-order chi connectivity index (χ1) is 27.1. The summed E-state index contributed by atoms with van der Waals surface area (Å²) in [5.41, 5.74) is 11.7. The van der Waals surface area contributed by atoms with Crippen molar-refractivity contribution in [3.05, 3.63) is 83.4 Å². The summed E-state index contributed by atoms with van der Waals surface area (Å²) in [7, 11) is 7.85. The fourth-order valence-corrected chi connectivity index (χ4v) is 9.13. The zero-order valence-electron chi connectivity index (χ0n) is 35.9. The van der Waals surface area contributed by atoms with Crippen molar-refractivity contribution in [2.75, 3.05) is 59.3 Å². The molecule has 3 aromatic carbocycles. The van der Waals surface area contributed by atoms with E-state index >= 15 is 0 Å². The van der Waals surface area contributed by atoms with E-state index in [1.165, 1.54) is 12.0 Å². The number of para-hydroxylation sites is 1. The number of nitrogens with one attached hydrogen (secondary N) is 2. The van der Waals surface area contributed by atoms with Gasteiger partial charge in [0.2, 0.25) is 5.91 Å². The lowest BCUT2D eigenvalue weighted by molar-refractivity contribution is -0.176. The number of carbonyl (C=O) groups is 2. The van der Waals surface area contributed by atoms with Gasteiger partial charge in [0, 0.05) is 68.1 Å². The molecule has 2 bridgehead atoms. The van der Waals surface area contributed by atoms with E-state index in [4.69, 9.17) is 15.3 Å². The Morgan fingerprint density at radius 2 is 1.77 bits per heavy atom. The van der Waals surface area contributed by atoms with Gasteiger partial charge in [0.15, 0.2) is 0 Å². The molecule has 11 heteroatoms. The van der Waals surface area contributed by atoms with E-state index in [9.17, 15) is 14.7 Å². The number of nitrogens with zero attached hydrogens (tertiary/aromatic N) is 3. The lowest BCUT2D eigenvalue weighted by Crippen LogP contribution is -2.62. The molecule has 0 aromatic heterocycles. The SMILES string of the molecule is CCOc1c(CN2O[C@@H](CN)[C@@H]([C@H](C)O)[C@H]2C(=O)N[C@H]2C[C@H]3C[C@@H]([C@@H]2C)C3(C)C)cccc1-c1cc(C(=O)NCCN(C)C)cc(N(C)C)c1.Cc1ccccc1. The largest absolute Gasteiger partial charge is 0.493 e. The molecule has 0 unspecified atom stereocenters. The highest BCUT2D eigenvalue weighted by Crippen LogP contribution is 2.61. The van der Waals surface area contributed by atoms with Gasteiger partial charge < -0.3 is 36.0 Å². The van der Waals surface area contributed by atoms with E-state index in [2.05, 4.69) is 50.5 Å². The molecule has 57 heavy (non-hydrogen) atoms. The van der Waals surface area contributed by atoms with Gasteiger partial charge in [0.05, 0.1) is 25.4 Å². The highest BCUT2D eigenvalue weighted by molar-refractivity contribution is 5.97. The van der Waals surface area contributed by atoms with E-state index in [0.717, 1.165) is 35.3 Å². The normalized spacial score (nSPS) is 25.5. The van der Waals surface area contributed by atoms with Crippen molar-refractivity contribution in [3.63, 3.8) is 0 Å². The van der Waals surface area contributed by atoms with Gasteiger partial charge >= 0.3 is 0 Å². The number of hydroxylamine groups is 2. The molecule has 4 aliphatic rings. The van der Waals surface area contributed by atoms with Crippen LogP contribution in [-0.4, -0.2) is 106 Å². The number of anilines is 1. The number of fused-ring (bicyclic) bond motifs is 2. The maximum Gasteiger partial charge on any atom is 0.251 e. The van der Waals surface area contributed by atoms with E-state index in [1.54, 1.807) is 12.0 Å². The smallest absolute Gasteiger partial charge is 0.251 e. The van der Waals surface area contributed by atoms with Crippen molar-refractivity contribution in [2.24, 2.45) is 34.8 Å². The van der Waals surface area contributed by atoms with Crippen LogP contribution in [0.5, 0.6) is 5.75 Å². The van der Waals surface area contributed by atoms with Crippen LogP contribution in [0.25, 0.3) is 11.1 Å². The predicted octanol–water partition coefficient (Wildman–Crippen LogP) is 5.73. The molecule has 0 spiro atoms. The molecule has 11 nitrogen and oxygen atoms in total. The minimum Gasteiger partial charge on any atom is -0.493 e. The number of rotatable bonds is 14. The van der Waals surface area contributed by atoms with Gasteiger partial charge in [-0.15, -0.1) is 0 Å². The van der Waals surface area contributed by atoms with Crippen LogP contribution in [-0.2, 0) is 16.2 Å². The third kappa shape index (κ3) is 10.2. The molecule has 1 heterocycles. The Kier molecular flexibility index (Phi) is 14.8. The second kappa shape index (κ2) is 19.2. The maximum atomic E-state index is 14.3. The highest BCUT2D eigenvalue weighted by atomic mass is 16.7. The summed E-state index contributed by atoms with van der Waals surface area (Å²) in [4.78, 5) is 38.0. The van der Waals surface area contributed by atoms with Crippen molar-refractivity contribution in [3.8, 4) is 16.9 Å². The van der Waals surface area contributed by atoms with E-state index in [1.807, 2.05) is 99.5 Å². The first-order valence-corrected chi connectivity index (χ1v) is 20.7. The van der Waals surface area contributed by atoms with Crippen molar-refractivity contribution in [1.29, 1.82) is 0 Å². The third-order valence-electron chi connectivity index (χ3n) is 12.6. The number of carbonyl (C=O) groups excluding carboxylic acids is 2. The molecule has 3 saturated carbocycles. The molecule has 5 N–H and O–H groups in total. The standard InChI is InChI=1S/C39H60N6O5.C7H8/c1-10-49-36-25(12-11-13-30(36)26-16-27(18-29(17-26)44(8)9)37(47)41-14-15-43(6)7)22-45-35(34(24(3)46)33(21-40)50-45)38(48)42-32-20-28-19-31(23(32)2)39(28,4)5;1-7-5-3-2-4-6-7/h11-13,16-18,23-24,28,31-35,46H,10,14-15,19-22,40H2,1-9H3,(H,41,47)(H,42,48);2-6H,1H3/t23-,24-,28+,31-,32-,33-,34+,35-;/m0./s1. The summed E-state index contributed by atoms with van der Waals surface area (Å²) >= 11 is 0.